The lowest BCUT2D eigenvalue weighted by atomic mass is 10.3. The standard InChI is InChI=1S/C11H16O4/c1-13-9-4-5-10(14-2)11(8-9)15-7-3-6-12/h4-5,8,12H,3,6-7H2,1-2H3. The Morgan fingerprint density at radius 2 is 1.93 bits per heavy atom. The van der Waals surface area contributed by atoms with Gasteiger partial charge in [-0.05, 0) is 12.1 Å². The third-order valence-electron chi connectivity index (χ3n) is 1.93. The lowest BCUT2D eigenvalue weighted by molar-refractivity contribution is 0.227. The predicted molar refractivity (Wildman–Crippen MR) is 56.7 cm³/mol. The first-order valence-corrected chi connectivity index (χ1v) is 4.77. The average Bonchev–Trinajstić information content (AvgIpc) is 2.29. The highest BCUT2D eigenvalue weighted by Crippen LogP contribution is 2.31. The molecule has 1 rings (SSSR count). The molecule has 0 atom stereocenters. The molecule has 4 nitrogen and oxygen atoms in total. The molecule has 0 fully saturated rings. The largest absolute Gasteiger partial charge is 0.497 e. The molecule has 0 aliphatic carbocycles. The molecule has 4 heteroatoms. The molecular weight excluding hydrogens is 196 g/mol. The lowest BCUT2D eigenvalue weighted by Gasteiger charge is -2.11. The Balaban J connectivity index is 2.72. The van der Waals surface area contributed by atoms with Gasteiger partial charge in [0.25, 0.3) is 0 Å². The maximum atomic E-state index is 8.64. The Kier molecular flexibility index (Phi) is 4.77. The summed E-state index contributed by atoms with van der Waals surface area (Å²) in [6.07, 6.45) is 0.598. The number of methoxy groups -OCH3 is 2. The normalized spacial score (nSPS) is 9.80. The molecule has 0 unspecified atom stereocenters. The molecule has 0 heterocycles. The predicted octanol–water partition coefficient (Wildman–Crippen LogP) is 1.46. The van der Waals surface area contributed by atoms with E-state index in [-0.39, 0.29) is 6.61 Å². The average molecular weight is 212 g/mol. The number of rotatable bonds is 6. The van der Waals surface area contributed by atoms with Crippen LogP contribution >= 0.6 is 0 Å². The molecular formula is C11H16O4. The number of aliphatic hydroxyl groups is 1. The Morgan fingerprint density at radius 3 is 2.53 bits per heavy atom. The van der Waals surface area contributed by atoms with E-state index in [2.05, 4.69) is 0 Å². The van der Waals surface area contributed by atoms with Crippen LogP contribution in [-0.2, 0) is 0 Å². The zero-order chi connectivity index (χ0) is 11.1. The van der Waals surface area contributed by atoms with Crippen LogP contribution in [-0.4, -0.2) is 32.5 Å². The molecule has 15 heavy (non-hydrogen) atoms. The van der Waals surface area contributed by atoms with E-state index in [0.717, 1.165) is 5.75 Å². The number of hydrogen-bond donors (Lipinski definition) is 1. The minimum Gasteiger partial charge on any atom is -0.497 e. The van der Waals surface area contributed by atoms with Crippen molar-refractivity contribution in [3.63, 3.8) is 0 Å². The van der Waals surface area contributed by atoms with E-state index in [4.69, 9.17) is 19.3 Å². The zero-order valence-electron chi connectivity index (χ0n) is 9.03. The third-order valence-corrected chi connectivity index (χ3v) is 1.93. The van der Waals surface area contributed by atoms with Gasteiger partial charge in [0.2, 0.25) is 0 Å². The highest BCUT2D eigenvalue weighted by atomic mass is 16.5. The Morgan fingerprint density at radius 1 is 1.13 bits per heavy atom. The number of aliphatic hydroxyl groups excluding tert-OH is 1. The van der Waals surface area contributed by atoms with Gasteiger partial charge in [0.1, 0.15) is 5.75 Å². The highest BCUT2D eigenvalue weighted by molar-refractivity contribution is 5.45. The molecule has 1 aromatic carbocycles. The topological polar surface area (TPSA) is 47.9 Å². The first-order chi connectivity index (χ1) is 7.31. The van der Waals surface area contributed by atoms with Crippen LogP contribution < -0.4 is 14.2 Å². The summed E-state index contributed by atoms with van der Waals surface area (Å²) in [6, 6.07) is 5.35. The summed E-state index contributed by atoms with van der Waals surface area (Å²) in [5.74, 6) is 2.01. The van der Waals surface area contributed by atoms with Gasteiger partial charge in [-0.25, -0.2) is 0 Å². The molecule has 0 saturated heterocycles. The van der Waals surface area contributed by atoms with E-state index in [1.807, 2.05) is 0 Å². The summed E-state index contributed by atoms with van der Waals surface area (Å²) in [5.41, 5.74) is 0. The number of hydrogen-bond acceptors (Lipinski definition) is 4. The van der Waals surface area contributed by atoms with Crippen LogP contribution in [0.3, 0.4) is 0 Å². The molecule has 84 valence electrons. The van der Waals surface area contributed by atoms with Gasteiger partial charge in [0.05, 0.1) is 20.8 Å². The summed E-state index contributed by atoms with van der Waals surface area (Å²) in [5, 5.41) is 8.64. The van der Waals surface area contributed by atoms with Crippen molar-refractivity contribution in [2.45, 2.75) is 6.42 Å². The van der Waals surface area contributed by atoms with E-state index in [1.54, 1.807) is 32.4 Å². The van der Waals surface area contributed by atoms with Crippen molar-refractivity contribution in [1.29, 1.82) is 0 Å². The van der Waals surface area contributed by atoms with Crippen molar-refractivity contribution in [3.8, 4) is 17.2 Å². The molecule has 0 radical (unpaired) electrons. The molecule has 1 N–H and O–H groups in total. The minimum atomic E-state index is 0.117. The van der Waals surface area contributed by atoms with Crippen molar-refractivity contribution in [2.75, 3.05) is 27.4 Å². The second kappa shape index (κ2) is 6.14. The van der Waals surface area contributed by atoms with Gasteiger partial charge in [-0.2, -0.15) is 0 Å². The van der Waals surface area contributed by atoms with Crippen molar-refractivity contribution in [1.82, 2.24) is 0 Å². The molecule has 0 saturated carbocycles. The molecule has 1 aromatic rings. The molecule has 0 aliphatic heterocycles. The van der Waals surface area contributed by atoms with Gasteiger partial charge in [0.15, 0.2) is 11.5 Å². The fraction of sp³-hybridized carbons (Fsp3) is 0.455. The van der Waals surface area contributed by atoms with E-state index in [1.165, 1.54) is 0 Å². The fourth-order valence-electron chi connectivity index (χ4n) is 1.14. The van der Waals surface area contributed by atoms with Crippen LogP contribution in [0.15, 0.2) is 18.2 Å². The van der Waals surface area contributed by atoms with Crippen molar-refractivity contribution in [3.05, 3.63) is 18.2 Å². The van der Waals surface area contributed by atoms with E-state index >= 15 is 0 Å². The van der Waals surface area contributed by atoms with Gasteiger partial charge in [-0.15, -0.1) is 0 Å². The monoisotopic (exact) mass is 212 g/mol. The van der Waals surface area contributed by atoms with Gasteiger partial charge in [-0.3, -0.25) is 0 Å². The summed E-state index contributed by atoms with van der Waals surface area (Å²) in [7, 11) is 3.18. The van der Waals surface area contributed by atoms with Crippen LogP contribution in [0.1, 0.15) is 6.42 Å². The van der Waals surface area contributed by atoms with Crippen LogP contribution in [0.2, 0.25) is 0 Å². The van der Waals surface area contributed by atoms with E-state index < -0.39 is 0 Å². The summed E-state index contributed by atoms with van der Waals surface area (Å²) in [4.78, 5) is 0. The number of benzene rings is 1. The number of ether oxygens (including phenoxy) is 3. The first kappa shape index (κ1) is 11.7. The molecule has 0 aromatic heterocycles. The van der Waals surface area contributed by atoms with Crippen LogP contribution in [0, 0.1) is 0 Å². The first-order valence-electron chi connectivity index (χ1n) is 4.77. The van der Waals surface area contributed by atoms with Gasteiger partial charge < -0.3 is 19.3 Å². The third kappa shape index (κ3) is 3.32. The Hall–Kier alpha value is -1.42. The second-order valence-corrected chi connectivity index (χ2v) is 2.94. The van der Waals surface area contributed by atoms with Gasteiger partial charge in [0, 0.05) is 19.1 Å². The Labute approximate surface area is 89.4 Å². The lowest BCUT2D eigenvalue weighted by Crippen LogP contribution is -2.01. The van der Waals surface area contributed by atoms with Crippen LogP contribution in [0.5, 0.6) is 17.2 Å². The minimum absolute atomic E-state index is 0.117. The maximum absolute atomic E-state index is 8.64. The molecule has 0 spiro atoms. The summed E-state index contributed by atoms with van der Waals surface area (Å²) in [6.45, 7) is 0.576. The molecule has 0 bridgehead atoms. The fourth-order valence-corrected chi connectivity index (χ4v) is 1.14. The quantitative estimate of drug-likeness (QED) is 0.725. The Bertz CT molecular complexity index is 299. The maximum Gasteiger partial charge on any atom is 0.164 e. The second-order valence-electron chi connectivity index (χ2n) is 2.94. The molecule has 0 aliphatic rings. The van der Waals surface area contributed by atoms with Crippen molar-refractivity contribution >= 4 is 0 Å². The highest BCUT2D eigenvalue weighted by Gasteiger charge is 2.05. The summed E-state index contributed by atoms with van der Waals surface area (Å²) >= 11 is 0. The van der Waals surface area contributed by atoms with Crippen LogP contribution in [0.4, 0.5) is 0 Å². The van der Waals surface area contributed by atoms with Gasteiger partial charge >= 0.3 is 0 Å². The summed E-state index contributed by atoms with van der Waals surface area (Å²) < 4.78 is 15.7. The van der Waals surface area contributed by atoms with E-state index in [0.29, 0.717) is 24.5 Å². The van der Waals surface area contributed by atoms with E-state index in [9.17, 15) is 0 Å². The van der Waals surface area contributed by atoms with Crippen LogP contribution in [0.25, 0.3) is 0 Å². The SMILES string of the molecule is COc1ccc(OC)c(OCCCO)c1. The van der Waals surface area contributed by atoms with Crippen molar-refractivity contribution in [2.24, 2.45) is 0 Å². The molecule has 0 amide bonds. The smallest absolute Gasteiger partial charge is 0.164 e. The van der Waals surface area contributed by atoms with Gasteiger partial charge in [-0.1, -0.05) is 0 Å². The van der Waals surface area contributed by atoms with Crippen molar-refractivity contribution < 1.29 is 19.3 Å². The zero-order valence-corrected chi connectivity index (χ0v) is 9.03.